The van der Waals surface area contributed by atoms with Crippen LogP contribution in [0.3, 0.4) is 0 Å². The Bertz CT molecular complexity index is 460. The predicted molar refractivity (Wildman–Crippen MR) is 91.5 cm³/mol. The fourth-order valence-corrected chi connectivity index (χ4v) is 3.31. The summed E-state index contributed by atoms with van der Waals surface area (Å²) < 4.78 is 0. The van der Waals surface area contributed by atoms with Crippen molar-refractivity contribution in [2.45, 2.75) is 26.8 Å². The van der Waals surface area contributed by atoms with Crippen molar-refractivity contribution < 1.29 is 5.11 Å². The smallest absolute Gasteiger partial charge is 0.0500 e. The number of rotatable bonds is 4. The van der Waals surface area contributed by atoms with E-state index in [0.29, 0.717) is 0 Å². The summed E-state index contributed by atoms with van der Waals surface area (Å²) in [5, 5.41) is 14.0. The zero-order valence-corrected chi connectivity index (χ0v) is 14.6. The van der Waals surface area contributed by atoms with Crippen LogP contribution in [-0.4, -0.2) is 42.8 Å². The molecule has 120 valence electrons. The maximum absolute atomic E-state index is 9.83. The Morgan fingerprint density at radius 3 is 2.48 bits per heavy atom. The largest absolute Gasteiger partial charge is 0.396 e. The van der Waals surface area contributed by atoms with Crippen molar-refractivity contribution in [1.29, 1.82) is 0 Å². The number of halogens is 2. The predicted octanol–water partition coefficient (Wildman–Crippen LogP) is 3.04. The van der Waals surface area contributed by atoms with Crippen molar-refractivity contribution in [3.8, 4) is 0 Å². The molecule has 21 heavy (non-hydrogen) atoms. The maximum atomic E-state index is 9.83. The molecule has 1 aliphatic heterocycles. The van der Waals surface area contributed by atoms with Gasteiger partial charge in [-0.1, -0.05) is 31.5 Å². The van der Waals surface area contributed by atoms with Crippen molar-refractivity contribution >= 4 is 24.0 Å². The molecule has 2 rings (SSSR count). The van der Waals surface area contributed by atoms with Crippen LogP contribution in [0.5, 0.6) is 0 Å². The topological polar surface area (TPSA) is 35.5 Å². The lowest BCUT2D eigenvalue weighted by atomic mass is 9.78. The zero-order chi connectivity index (χ0) is 14.8. The van der Waals surface area contributed by atoms with Gasteiger partial charge in [0, 0.05) is 49.3 Å². The summed E-state index contributed by atoms with van der Waals surface area (Å²) >= 11 is 6.08. The van der Waals surface area contributed by atoms with Crippen LogP contribution in [0.2, 0.25) is 5.02 Å². The number of aliphatic hydroxyl groups is 1. The second-order valence-electron chi connectivity index (χ2n) is 6.34. The molecule has 0 amide bonds. The van der Waals surface area contributed by atoms with E-state index in [4.69, 9.17) is 11.6 Å². The van der Waals surface area contributed by atoms with Crippen LogP contribution in [0, 0.1) is 12.3 Å². The van der Waals surface area contributed by atoms with Crippen LogP contribution in [0.1, 0.15) is 31.0 Å². The number of hydrogen-bond acceptors (Lipinski definition) is 3. The van der Waals surface area contributed by atoms with Crippen LogP contribution in [-0.2, 0) is 0 Å². The van der Waals surface area contributed by atoms with Gasteiger partial charge in [0.15, 0.2) is 0 Å². The average Bonchev–Trinajstić information content (AvgIpc) is 2.43. The summed E-state index contributed by atoms with van der Waals surface area (Å²) in [5.74, 6) is 0. The molecular formula is C16H26Cl2N2O. The van der Waals surface area contributed by atoms with E-state index in [0.717, 1.165) is 31.2 Å². The van der Waals surface area contributed by atoms with Crippen molar-refractivity contribution in [1.82, 2.24) is 10.2 Å². The minimum atomic E-state index is -0.185. The van der Waals surface area contributed by atoms with Gasteiger partial charge >= 0.3 is 0 Å². The van der Waals surface area contributed by atoms with Gasteiger partial charge in [-0.25, -0.2) is 0 Å². The van der Waals surface area contributed by atoms with E-state index in [-0.39, 0.29) is 30.5 Å². The number of aliphatic hydroxyl groups excluding tert-OH is 1. The van der Waals surface area contributed by atoms with Crippen LogP contribution in [0.25, 0.3) is 0 Å². The number of nitrogens with one attached hydrogen (secondary N) is 1. The molecular weight excluding hydrogens is 307 g/mol. The quantitative estimate of drug-likeness (QED) is 0.889. The first-order chi connectivity index (χ1) is 9.45. The standard InChI is InChI=1S/C16H25ClN2O.ClH/c1-12-10-13(17)4-5-14(12)15(16(2,3)11-20)19-8-6-18-7-9-19;/h4-5,10,15,18,20H,6-9,11H2,1-3H3;1H/t15-;/m0./s1. The number of aryl methyl sites for hydroxylation is 1. The van der Waals surface area contributed by atoms with E-state index in [2.05, 4.69) is 37.1 Å². The van der Waals surface area contributed by atoms with Crippen molar-refractivity contribution in [3.63, 3.8) is 0 Å². The molecule has 1 saturated heterocycles. The molecule has 0 radical (unpaired) electrons. The molecule has 0 aromatic heterocycles. The van der Waals surface area contributed by atoms with Crippen LogP contribution >= 0.6 is 24.0 Å². The number of hydrogen-bond donors (Lipinski definition) is 2. The molecule has 0 aliphatic carbocycles. The summed E-state index contributed by atoms with van der Waals surface area (Å²) in [6, 6.07) is 6.29. The lowest BCUT2D eigenvalue weighted by Gasteiger charge is -2.44. The molecule has 1 heterocycles. The molecule has 0 spiro atoms. The molecule has 1 aromatic rings. The Hall–Kier alpha value is -0.320. The van der Waals surface area contributed by atoms with Crippen molar-refractivity contribution in [2.24, 2.45) is 5.41 Å². The minimum absolute atomic E-state index is 0. The molecule has 1 fully saturated rings. The van der Waals surface area contributed by atoms with Crippen LogP contribution in [0.4, 0.5) is 0 Å². The number of piperazine rings is 1. The zero-order valence-electron chi connectivity index (χ0n) is 13.0. The van der Waals surface area contributed by atoms with Crippen LogP contribution < -0.4 is 5.32 Å². The Balaban J connectivity index is 0.00000220. The van der Waals surface area contributed by atoms with Gasteiger partial charge in [0.25, 0.3) is 0 Å². The highest BCUT2D eigenvalue weighted by atomic mass is 35.5. The van der Waals surface area contributed by atoms with E-state index in [1.807, 2.05) is 12.1 Å². The van der Waals surface area contributed by atoms with E-state index in [9.17, 15) is 5.11 Å². The average molecular weight is 333 g/mol. The second-order valence-corrected chi connectivity index (χ2v) is 6.77. The van der Waals surface area contributed by atoms with Gasteiger partial charge in [0.05, 0.1) is 0 Å². The third-order valence-corrected chi connectivity index (χ3v) is 4.43. The summed E-state index contributed by atoms with van der Waals surface area (Å²) in [4.78, 5) is 2.48. The van der Waals surface area contributed by atoms with Gasteiger partial charge < -0.3 is 10.4 Å². The summed E-state index contributed by atoms with van der Waals surface area (Å²) in [6.07, 6.45) is 0. The van der Waals surface area contributed by atoms with E-state index >= 15 is 0 Å². The molecule has 0 saturated carbocycles. The Morgan fingerprint density at radius 1 is 1.33 bits per heavy atom. The fourth-order valence-electron chi connectivity index (χ4n) is 3.08. The second kappa shape index (κ2) is 7.80. The Labute approximate surface area is 139 Å². The lowest BCUT2D eigenvalue weighted by molar-refractivity contribution is 0.0302. The van der Waals surface area contributed by atoms with Crippen molar-refractivity contribution in [3.05, 3.63) is 34.3 Å². The molecule has 0 bridgehead atoms. The van der Waals surface area contributed by atoms with E-state index in [1.54, 1.807) is 0 Å². The molecule has 1 aromatic carbocycles. The maximum Gasteiger partial charge on any atom is 0.0500 e. The molecule has 2 N–H and O–H groups in total. The van der Waals surface area contributed by atoms with Gasteiger partial charge in [-0.05, 0) is 30.2 Å². The van der Waals surface area contributed by atoms with Gasteiger partial charge in [0.2, 0.25) is 0 Å². The third-order valence-electron chi connectivity index (χ3n) is 4.19. The summed E-state index contributed by atoms with van der Waals surface area (Å²) in [5.41, 5.74) is 2.29. The monoisotopic (exact) mass is 332 g/mol. The molecule has 5 heteroatoms. The number of nitrogens with zero attached hydrogens (tertiary/aromatic N) is 1. The number of benzene rings is 1. The highest BCUT2D eigenvalue weighted by Gasteiger charge is 2.36. The van der Waals surface area contributed by atoms with Gasteiger partial charge in [0.1, 0.15) is 0 Å². The van der Waals surface area contributed by atoms with Gasteiger partial charge in [-0.2, -0.15) is 0 Å². The minimum Gasteiger partial charge on any atom is -0.396 e. The SMILES string of the molecule is Cc1cc(Cl)ccc1[C@H](N1CCNCC1)C(C)(C)CO.Cl. The van der Waals surface area contributed by atoms with Gasteiger partial charge in [-0.3, -0.25) is 4.90 Å². The van der Waals surface area contributed by atoms with Crippen LogP contribution in [0.15, 0.2) is 18.2 Å². The van der Waals surface area contributed by atoms with E-state index in [1.165, 1.54) is 11.1 Å². The normalized spacial score (nSPS) is 18.1. The fraction of sp³-hybridized carbons (Fsp3) is 0.625. The highest BCUT2D eigenvalue weighted by Crippen LogP contribution is 2.40. The third kappa shape index (κ3) is 4.33. The van der Waals surface area contributed by atoms with Crippen molar-refractivity contribution in [2.75, 3.05) is 32.8 Å². The summed E-state index contributed by atoms with van der Waals surface area (Å²) in [6.45, 7) is 10.6. The molecule has 0 unspecified atom stereocenters. The first-order valence-corrected chi connectivity index (χ1v) is 7.65. The Kier molecular flexibility index (Phi) is 6.95. The first kappa shape index (κ1) is 18.7. The van der Waals surface area contributed by atoms with E-state index < -0.39 is 0 Å². The molecule has 1 aliphatic rings. The summed E-state index contributed by atoms with van der Waals surface area (Å²) in [7, 11) is 0. The lowest BCUT2D eigenvalue weighted by Crippen LogP contribution is -2.49. The molecule has 3 nitrogen and oxygen atoms in total. The highest BCUT2D eigenvalue weighted by molar-refractivity contribution is 6.30. The Morgan fingerprint density at radius 2 is 1.95 bits per heavy atom. The van der Waals surface area contributed by atoms with Gasteiger partial charge in [-0.15, -0.1) is 12.4 Å². The molecule has 1 atom stereocenters. The first-order valence-electron chi connectivity index (χ1n) is 7.27.